The van der Waals surface area contributed by atoms with Crippen LogP contribution in [0, 0.1) is 6.92 Å². The van der Waals surface area contributed by atoms with E-state index < -0.39 is 0 Å². The second-order valence-corrected chi connectivity index (χ2v) is 4.01. The molecule has 0 aromatic carbocycles. The summed E-state index contributed by atoms with van der Waals surface area (Å²) in [5, 5.41) is 2.73. The van der Waals surface area contributed by atoms with Crippen LogP contribution in [0.1, 0.15) is 30.0 Å². The molecule has 0 bridgehead atoms. The molecule has 6 heteroatoms. The Bertz CT molecular complexity index is 654. The number of nitrogens with zero attached hydrogens (tertiary/aromatic N) is 3. The van der Waals surface area contributed by atoms with Crippen molar-refractivity contribution in [1.82, 2.24) is 19.5 Å². The number of carbonyl (C=O) groups is 1. The van der Waals surface area contributed by atoms with Gasteiger partial charge in [-0.05, 0) is 20.8 Å². The maximum absolute atomic E-state index is 11.9. The van der Waals surface area contributed by atoms with Gasteiger partial charge in [-0.25, -0.2) is 4.98 Å². The number of amides is 1. The first kappa shape index (κ1) is 12.3. The molecular weight excluding hydrogens is 232 g/mol. The Kier molecular flexibility index (Phi) is 3.18. The summed E-state index contributed by atoms with van der Waals surface area (Å²) in [5.41, 5.74) is 1.43. The minimum absolute atomic E-state index is 0.171. The molecule has 0 aliphatic carbocycles. The topological polar surface area (TPSA) is 68.4 Å². The lowest BCUT2D eigenvalue weighted by molar-refractivity contribution is 0.0944. The maximum atomic E-state index is 11.9. The largest absolute Gasteiger partial charge is 0.351 e. The Morgan fingerprint density at radius 1 is 1.39 bits per heavy atom. The third-order valence-electron chi connectivity index (χ3n) is 2.70. The van der Waals surface area contributed by atoms with Crippen LogP contribution in [0.15, 0.2) is 16.9 Å². The fourth-order valence-electron chi connectivity index (χ4n) is 2.00. The highest BCUT2D eigenvalue weighted by molar-refractivity contribution is 5.93. The second-order valence-electron chi connectivity index (χ2n) is 4.01. The number of carbonyl (C=O) groups excluding carboxylic acids is 1. The molecule has 2 heterocycles. The first-order chi connectivity index (χ1) is 8.58. The summed E-state index contributed by atoms with van der Waals surface area (Å²) in [6.45, 7) is 6.57. The summed E-state index contributed by atoms with van der Waals surface area (Å²) in [7, 11) is 0. The molecule has 1 amide bonds. The molecule has 0 aliphatic heterocycles. The predicted molar refractivity (Wildman–Crippen MR) is 67.9 cm³/mol. The van der Waals surface area contributed by atoms with E-state index in [1.807, 2.05) is 13.8 Å². The molecule has 0 unspecified atom stereocenters. The molecule has 96 valence electrons. The van der Waals surface area contributed by atoms with Crippen LogP contribution in [0.25, 0.3) is 5.65 Å². The van der Waals surface area contributed by atoms with Crippen molar-refractivity contribution in [3.05, 3.63) is 33.9 Å². The molecule has 2 rings (SSSR count). The van der Waals surface area contributed by atoms with E-state index >= 15 is 0 Å². The van der Waals surface area contributed by atoms with Gasteiger partial charge < -0.3 is 5.32 Å². The van der Waals surface area contributed by atoms with Crippen molar-refractivity contribution in [2.75, 3.05) is 6.54 Å². The van der Waals surface area contributed by atoms with Gasteiger partial charge in [0.1, 0.15) is 5.69 Å². The zero-order chi connectivity index (χ0) is 13.3. The second kappa shape index (κ2) is 4.64. The molecule has 0 atom stereocenters. The van der Waals surface area contributed by atoms with Gasteiger partial charge in [-0.2, -0.15) is 4.52 Å². The van der Waals surface area contributed by atoms with Crippen LogP contribution in [0.3, 0.4) is 0 Å². The van der Waals surface area contributed by atoms with Gasteiger partial charge in [0.25, 0.3) is 11.5 Å². The fourth-order valence-corrected chi connectivity index (χ4v) is 2.00. The molecule has 0 fully saturated rings. The van der Waals surface area contributed by atoms with E-state index in [2.05, 4.69) is 10.3 Å². The highest BCUT2D eigenvalue weighted by Crippen LogP contribution is 2.07. The Morgan fingerprint density at radius 2 is 2.11 bits per heavy atom. The smallest absolute Gasteiger partial charge is 0.273 e. The summed E-state index contributed by atoms with van der Waals surface area (Å²) in [5.74, 6) is -0.193. The number of rotatable bonds is 3. The molecule has 2 aromatic rings. The van der Waals surface area contributed by atoms with E-state index in [1.54, 1.807) is 17.7 Å². The molecule has 2 aromatic heterocycles. The normalized spacial score (nSPS) is 10.8. The zero-order valence-corrected chi connectivity index (χ0v) is 10.7. The van der Waals surface area contributed by atoms with Gasteiger partial charge in [0, 0.05) is 30.9 Å². The molecular formula is C12H16N4O2. The summed E-state index contributed by atoms with van der Waals surface area (Å²) < 4.78 is 3.06. The van der Waals surface area contributed by atoms with E-state index in [-0.39, 0.29) is 11.5 Å². The summed E-state index contributed by atoms with van der Waals surface area (Å²) in [6, 6.07) is 3.10. The average Bonchev–Trinajstić information content (AvgIpc) is 2.67. The molecule has 1 N–H and O–H groups in total. The number of hydrogen-bond acceptors (Lipinski definition) is 3. The summed E-state index contributed by atoms with van der Waals surface area (Å²) in [4.78, 5) is 28.1. The number of hydrogen-bond donors (Lipinski definition) is 1. The Hall–Kier alpha value is -2.11. The fraction of sp³-hybridized carbons (Fsp3) is 0.417. The van der Waals surface area contributed by atoms with Gasteiger partial charge in [-0.3, -0.25) is 14.3 Å². The Balaban J connectivity index is 2.72. The molecule has 18 heavy (non-hydrogen) atoms. The van der Waals surface area contributed by atoms with Crippen LogP contribution >= 0.6 is 0 Å². The van der Waals surface area contributed by atoms with Crippen molar-refractivity contribution in [2.24, 2.45) is 0 Å². The van der Waals surface area contributed by atoms with Gasteiger partial charge >= 0.3 is 0 Å². The molecule has 0 aliphatic rings. The van der Waals surface area contributed by atoms with Gasteiger partial charge in [-0.1, -0.05) is 0 Å². The van der Waals surface area contributed by atoms with Gasteiger partial charge in [0.05, 0.1) is 0 Å². The lowest BCUT2D eigenvalue weighted by Gasteiger charge is -2.07. The minimum Gasteiger partial charge on any atom is -0.351 e. The number of nitrogens with one attached hydrogen (secondary N) is 1. The zero-order valence-electron chi connectivity index (χ0n) is 10.7. The van der Waals surface area contributed by atoms with Crippen LogP contribution < -0.4 is 10.9 Å². The van der Waals surface area contributed by atoms with Crippen molar-refractivity contribution < 1.29 is 4.79 Å². The lowest BCUT2D eigenvalue weighted by Crippen LogP contribution is -2.28. The molecule has 0 radical (unpaired) electrons. The van der Waals surface area contributed by atoms with Crippen molar-refractivity contribution in [3.8, 4) is 0 Å². The Morgan fingerprint density at radius 3 is 2.72 bits per heavy atom. The molecule has 0 saturated heterocycles. The third kappa shape index (κ3) is 1.90. The molecule has 0 saturated carbocycles. The van der Waals surface area contributed by atoms with E-state index in [4.69, 9.17) is 0 Å². The van der Waals surface area contributed by atoms with Crippen molar-refractivity contribution >= 4 is 11.6 Å². The quantitative estimate of drug-likeness (QED) is 0.863. The number of aromatic nitrogens is 3. The molecule has 0 spiro atoms. The first-order valence-corrected chi connectivity index (χ1v) is 5.96. The minimum atomic E-state index is -0.193. The van der Waals surface area contributed by atoms with Crippen LogP contribution in [0.4, 0.5) is 0 Å². The van der Waals surface area contributed by atoms with Crippen molar-refractivity contribution in [2.45, 2.75) is 27.3 Å². The standard InChI is InChI=1S/C12H16N4O2/c1-4-13-12(18)9-7-10-14-8(3)6-11(17)16(10)15(9)5-2/h6-7H,4-5H2,1-3H3,(H,13,18). The SMILES string of the molecule is CCNC(=O)c1cc2nc(C)cc(=O)n2n1CC. The third-order valence-corrected chi connectivity index (χ3v) is 2.70. The van der Waals surface area contributed by atoms with Gasteiger partial charge in [0.15, 0.2) is 5.65 Å². The van der Waals surface area contributed by atoms with Crippen molar-refractivity contribution in [3.63, 3.8) is 0 Å². The van der Waals surface area contributed by atoms with Crippen LogP contribution in [0.2, 0.25) is 0 Å². The van der Waals surface area contributed by atoms with E-state index in [0.29, 0.717) is 30.1 Å². The van der Waals surface area contributed by atoms with Gasteiger partial charge in [0.2, 0.25) is 0 Å². The van der Waals surface area contributed by atoms with Crippen LogP contribution in [-0.2, 0) is 6.54 Å². The Labute approximate surface area is 104 Å². The van der Waals surface area contributed by atoms with Crippen molar-refractivity contribution in [1.29, 1.82) is 0 Å². The number of aryl methyl sites for hydroxylation is 2. The lowest BCUT2D eigenvalue weighted by atomic mass is 10.4. The number of fused-ring (bicyclic) bond motifs is 1. The summed E-state index contributed by atoms with van der Waals surface area (Å²) >= 11 is 0. The van der Waals surface area contributed by atoms with Crippen LogP contribution in [0.5, 0.6) is 0 Å². The predicted octanol–water partition coefficient (Wildman–Crippen LogP) is 0.574. The van der Waals surface area contributed by atoms with E-state index in [1.165, 1.54) is 10.6 Å². The summed E-state index contributed by atoms with van der Waals surface area (Å²) in [6.07, 6.45) is 0. The van der Waals surface area contributed by atoms with Crippen LogP contribution in [-0.4, -0.2) is 26.6 Å². The average molecular weight is 248 g/mol. The first-order valence-electron chi connectivity index (χ1n) is 5.96. The highest BCUT2D eigenvalue weighted by Gasteiger charge is 2.15. The monoisotopic (exact) mass is 248 g/mol. The van der Waals surface area contributed by atoms with E-state index in [0.717, 1.165) is 0 Å². The van der Waals surface area contributed by atoms with E-state index in [9.17, 15) is 9.59 Å². The highest BCUT2D eigenvalue weighted by atomic mass is 16.2. The van der Waals surface area contributed by atoms with Gasteiger partial charge in [-0.15, -0.1) is 0 Å². The maximum Gasteiger partial charge on any atom is 0.273 e. The molecule has 6 nitrogen and oxygen atoms in total.